The van der Waals surface area contributed by atoms with Crippen LogP contribution in [-0.4, -0.2) is 64.6 Å². The van der Waals surface area contributed by atoms with Crippen molar-refractivity contribution < 1.29 is 14.3 Å². The predicted molar refractivity (Wildman–Crippen MR) is 129 cm³/mol. The Morgan fingerprint density at radius 3 is 2.76 bits per heavy atom. The number of nitrogens with zero attached hydrogens (tertiary/aromatic N) is 4. The summed E-state index contributed by atoms with van der Waals surface area (Å²) in [5.41, 5.74) is 0.339. The maximum atomic E-state index is 12.5. The predicted octanol–water partition coefficient (Wildman–Crippen LogP) is 3.21. The molecule has 0 bridgehead atoms. The number of hydrogen-bond acceptors (Lipinski definition) is 9. The largest absolute Gasteiger partial charge is 0.462 e. The average molecular weight is 483 g/mol. The van der Waals surface area contributed by atoms with E-state index in [9.17, 15) is 14.9 Å². The Morgan fingerprint density at radius 2 is 2.06 bits per heavy atom. The number of nitrogens with one attached hydrogen (secondary N) is 2. The standard InChI is InChI=1S/C24H30N6O3S/c1-2-33-24(32)19-14-27-23(20-6-4-12-34-20)29-22(19)28-17-9-7-16(8-10-17)26-15-21(31)30-11-3-5-18(30)13-25/h4,6,12,14,16-18,26H,2-3,5,7-11,15H2,1H3,(H,27,28,29)/t16?,17?,18-/m0/s1. The first-order chi connectivity index (χ1) is 16.6. The summed E-state index contributed by atoms with van der Waals surface area (Å²) in [6.45, 7) is 3.00. The zero-order valence-electron chi connectivity index (χ0n) is 19.3. The van der Waals surface area contributed by atoms with Gasteiger partial charge in [0.05, 0.1) is 24.1 Å². The lowest BCUT2D eigenvalue weighted by atomic mass is 9.91. The molecule has 1 saturated carbocycles. The highest BCUT2D eigenvalue weighted by Crippen LogP contribution is 2.27. The fourth-order valence-electron chi connectivity index (χ4n) is 4.54. The minimum Gasteiger partial charge on any atom is -0.462 e. The van der Waals surface area contributed by atoms with Crippen molar-refractivity contribution in [3.8, 4) is 16.8 Å². The van der Waals surface area contributed by atoms with Gasteiger partial charge in [-0.2, -0.15) is 5.26 Å². The maximum Gasteiger partial charge on any atom is 0.343 e. The number of aromatic nitrogens is 2. The molecule has 10 heteroatoms. The third-order valence-electron chi connectivity index (χ3n) is 6.36. The van der Waals surface area contributed by atoms with Gasteiger partial charge in [0, 0.05) is 24.8 Å². The summed E-state index contributed by atoms with van der Waals surface area (Å²) in [6.07, 6.45) is 6.78. The Balaban J connectivity index is 1.34. The molecule has 34 heavy (non-hydrogen) atoms. The molecule has 2 N–H and O–H groups in total. The molecule has 1 saturated heterocycles. The van der Waals surface area contributed by atoms with E-state index in [0.717, 1.165) is 43.4 Å². The second-order valence-electron chi connectivity index (χ2n) is 8.60. The number of likely N-dealkylation sites (tertiary alicyclic amines) is 1. The molecule has 9 nitrogen and oxygen atoms in total. The van der Waals surface area contributed by atoms with Crippen molar-refractivity contribution in [2.45, 2.75) is 63.6 Å². The number of anilines is 1. The van der Waals surface area contributed by atoms with E-state index >= 15 is 0 Å². The van der Waals surface area contributed by atoms with Gasteiger partial charge in [-0.15, -0.1) is 11.3 Å². The van der Waals surface area contributed by atoms with Gasteiger partial charge in [0.2, 0.25) is 5.91 Å². The van der Waals surface area contributed by atoms with Crippen LogP contribution in [0.15, 0.2) is 23.7 Å². The van der Waals surface area contributed by atoms with Crippen molar-refractivity contribution in [3.63, 3.8) is 0 Å². The molecular weight excluding hydrogens is 452 g/mol. The van der Waals surface area contributed by atoms with Crippen molar-refractivity contribution in [2.75, 3.05) is 25.0 Å². The van der Waals surface area contributed by atoms with Gasteiger partial charge < -0.3 is 20.3 Å². The Kier molecular flexibility index (Phi) is 8.08. The lowest BCUT2D eigenvalue weighted by Crippen LogP contribution is -2.45. The summed E-state index contributed by atoms with van der Waals surface area (Å²) in [6, 6.07) is 6.25. The zero-order valence-corrected chi connectivity index (χ0v) is 20.1. The van der Waals surface area contributed by atoms with Crippen LogP contribution in [0.3, 0.4) is 0 Å². The number of carbonyl (C=O) groups excluding carboxylic acids is 2. The highest BCUT2D eigenvalue weighted by Gasteiger charge is 2.29. The van der Waals surface area contributed by atoms with E-state index in [0.29, 0.717) is 23.8 Å². The van der Waals surface area contributed by atoms with Crippen LogP contribution in [0, 0.1) is 11.3 Å². The van der Waals surface area contributed by atoms with E-state index in [1.165, 1.54) is 6.20 Å². The molecule has 2 fully saturated rings. The topological polar surface area (TPSA) is 120 Å². The van der Waals surface area contributed by atoms with Gasteiger partial charge >= 0.3 is 5.97 Å². The Bertz CT molecular complexity index is 1030. The second kappa shape index (κ2) is 11.4. The third kappa shape index (κ3) is 5.72. The van der Waals surface area contributed by atoms with E-state index in [4.69, 9.17) is 4.74 Å². The number of carbonyl (C=O) groups is 2. The zero-order chi connectivity index (χ0) is 23.9. The molecule has 2 aliphatic rings. The molecule has 0 aromatic carbocycles. The number of nitriles is 1. The van der Waals surface area contributed by atoms with Crippen LogP contribution in [-0.2, 0) is 9.53 Å². The third-order valence-corrected chi connectivity index (χ3v) is 7.22. The van der Waals surface area contributed by atoms with E-state index in [2.05, 4.69) is 26.7 Å². The lowest BCUT2D eigenvalue weighted by molar-refractivity contribution is -0.130. The van der Waals surface area contributed by atoms with Crippen molar-refractivity contribution in [2.24, 2.45) is 0 Å². The first-order valence-electron chi connectivity index (χ1n) is 11.9. The van der Waals surface area contributed by atoms with E-state index in [1.54, 1.807) is 23.2 Å². The lowest BCUT2D eigenvalue weighted by Gasteiger charge is -2.31. The average Bonchev–Trinajstić information content (AvgIpc) is 3.56. The van der Waals surface area contributed by atoms with Crippen molar-refractivity contribution in [1.82, 2.24) is 20.2 Å². The maximum absolute atomic E-state index is 12.5. The van der Waals surface area contributed by atoms with Gasteiger partial charge in [0.25, 0.3) is 0 Å². The second-order valence-corrected chi connectivity index (χ2v) is 9.55. The van der Waals surface area contributed by atoms with E-state index in [-0.39, 0.29) is 37.2 Å². The summed E-state index contributed by atoms with van der Waals surface area (Å²) in [7, 11) is 0. The molecule has 1 atom stereocenters. The molecule has 2 aromatic heterocycles. The van der Waals surface area contributed by atoms with Gasteiger partial charge in [-0.1, -0.05) is 6.07 Å². The summed E-state index contributed by atoms with van der Waals surface area (Å²) in [4.78, 5) is 36.6. The molecule has 1 amide bonds. The van der Waals surface area contributed by atoms with Crippen LogP contribution in [0.5, 0.6) is 0 Å². The normalized spacial score (nSPS) is 22.2. The molecule has 0 radical (unpaired) electrons. The minimum absolute atomic E-state index is 0.00506. The Morgan fingerprint density at radius 1 is 1.26 bits per heavy atom. The molecule has 2 aromatic rings. The molecule has 1 aliphatic carbocycles. The fourth-order valence-corrected chi connectivity index (χ4v) is 5.21. The van der Waals surface area contributed by atoms with Crippen molar-refractivity contribution >= 4 is 29.0 Å². The summed E-state index contributed by atoms with van der Waals surface area (Å²) in [5, 5.41) is 18.0. The monoisotopic (exact) mass is 482 g/mol. The van der Waals surface area contributed by atoms with Gasteiger partial charge in [-0.3, -0.25) is 4.79 Å². The molecule has 0 spiro atoms. The summed E-state index contributed by atoms with van der Waals surface area (Å²) in [5.74, 6) is 0.650. The highest BCUT2D eigenvalue weighted by atomic mass is 32.1. The van der Waals surface area contributed by atoms with Crippen LogP contribution in [0.2, 0.25) is 0 Å². The van der Waals surface area contributed by atoms with Crippen molar-refractivity contribution in [1.29, 1.82) is 5.26 Å². The van der Waals surface area contributed by atoms with Crippen LogP contribution in [0.4, 0.5) is 5.82 Å². The Hall–Kier alpha value is -3.03. The van der Waals surface area contributed by atoms with Crippen LogP contribution >= 0.6 is 11.3 Å². The first-order valence-corrected chi connectivity index (χ1v) is 12.7. The molecule has 180 valence electrons. The van der Waals surface area contributed by atoms with Crippen LogP contribution < -0.4 is 10.6 Å². The molecule has 0 unspecified atom stereocenters. The first kappa shape index (κ1) is 24.1. The summed E-state index contributed by atoms with van der Waals surface area (Å²) < 4.78 is 5.20. The molecule has 1 aliphatic heterocycles. The SMILES string of the molecule is CCOC(=O)c1cnc(-c2cccs2)nc1NC1CCC(NCC(=O)N2CCC[C@H]2C#N)CC1. The number of esters is 1. The van der Waals surface area contributed by atoms with E-state index < -0.39 is 5.97 Å². The van der Waals surface area contributed by atoms with Crippen molar-refractivity contribution in [3.05, 3.63) is 29.3 Å². The van der Waals surface area contributed by atoms with E-state index in [1.807, 2.05) is 17.5 Å². The van der Waals surface area contributed by atoms with Gasteiger partial charge in [-0.25, -0.2) is 14.8 Å². The Labute approximate surface area is 203 Å². The van der Waals surface area contributed by atoms with Gasteiger partial charge in [0.15, 0.2) is 5.82 Å². The number of ether oxygens (including phenoxy) is 1. The number of amides is 1. The molecule has 4 rings (SSSR count). The number of hydrogen-bond donors (Lipinski definition) is 2. The molecule has 3 heterocycles. The fraction of sp³-hybridized carbons (Fsp3) is 0.542. The molecular formula is C24H30N6O3S. The number of thiophene rings is 1. The van der Waals surface area contributed by atoms with Crippen LogP contribution in [0.1, 0.15) is 55.8 Å². The highest BCUT2D eigenvalue weighted by molar-refractivity contribution is 7.13. The van der Waals surface area contributed by atoms with Crippen LogP contribution in [0.25, 0.3) is 10.7 Å². The smallest absolute Gasteiger partial charge is 0.343 e. The quantitative estimate of drug-likeness (QED) is 0.551. The minimum atomic E-state index is -0.436. The number of rotatable bonds is 8. The van der Waals surface area contributed by atoms with Gasteiger partial charge in [0.1, 0.15) is 17.4 Å². The van der Waals surface area contributed by atoms with Gasteiger partial charge in [-0.05, 0) is 56.9 Å². The summed E-state index contributed by atoms with van der Waals surface area (Å²) >= 11 is 1.55.